The quantitative estimate of drug-likeness (QED) is 0.642. The SMILES string of the molecule is Cc1cn(P=S)c(=O)nc1N. The lowest BCUT2D eigenvalue weighted by molar-refractivity contribution is 1.01. The summed E-state index contributed by atoms with van der Waals surface area (Å²) in [5, 5.41) is 0. The van der Waals surface area contributed by atoms with Gasteiger partial charge in [-0.1, -0.05) is 0 Å². The van der Waals surface area contributed by atoms with Crippen LogP contribution >= 0.6 is 7.51 Å². The first kappa shape index (κ1) is 8.30. The third kappa shape index (κ3) is 1.61. The Kier molecular flexibility index (Phi) is 2.31. The number of nitrogens with two attached hydrogens (primary N) is 1. The van der Waals surface area contributed by atoms with Crippen molar-refractivity contribution in [1.29, 1.82) is 0 Å². The summed E-state index contributed by atoms with van der Waals surface area (Å²) in [5.41, 5.74) is 5.75. The molecule has 0 fully saturated rings. The molecule has 0 aliphatic carbocycles. The summed E-state index contributed by atoms with van der Waals surface area (Å²) < 4.78 is 1.31. The summed E-state index contributed by atoms with van der Waals surface area (Å²) in [6, 6.07) is 0. The lowest BCUT2D eigenvalue weighted by Gasteiger charge is -1.98. The lowest BCUT2D eigenvalue weighted by Crippen LogP contribution is -2.18. The van der Waals surface area contributed by atoms with E-state index in [2.05, 4.69) is 16.8 Å². The van der Waals surface area contributed by atoms with Crippen LogP contribution in [0.3, 0.4) is 0 Å². The summed E-state index contributed by atoms with van der Waals surface area (Å²) in [5.74, 6) is 0.268. The average molecular weight is 187 g/mol. The first-order valence-corrected chi connectivity index (χ1v) is 4.70. The van der Waals surface area contributed by atoms with Crippen LogP contribution in [0.2, 0.25) is 0 Å². The molecule has 1 aromatic heterocycles. The highest BCUT2D eigenvalue weighted by Gasteiger charge is 1.98. The standard InChI is InChI=1S/C5H6N3OPS/c1-3-2-8(10-11)5(9)7-4(3)6/h2H,1H3,(H2,6,7,9). The molecule has 0 amide bonds. The fourth-order valence-electron chi connectivity index (χ4n) is 0.606. The van der Waals surface area contributed by atoms with E-state index >= 15 is 0 Å². The van der Waals surface area contributed by atoms with Crippen molar-refractivity contribution in [3.63, 3.8) is 0 Å². The fourth-order valence-corrected chi connectivity index (χ4v) is 1.29. The summed E-state index contributed by atoms with van der Waals surface area (Å²) in [4.78, 5) is 14.5. The zero-order valence-corrected chi connectivity index (χ0v) is 7.52. The predicted octanol–water partition coefficient (Wildman–Crippen LogP) is 0.305. The minimum Gasteiger partial charge on any atom is -0.383 e. The number of aryl methyl sites for hydroxylation is 1. The molecule has 4 nitrogen and oxygen atoms in total. The molecule has 0 saturated carbocycles. The van der Waals surface area contributed by atoms with Crippen molar-refractivity contribution in [3.8, 4) is 0 Å². The molecule has 0 saturated heterocycles. The van der Waals surface area contributed by atoms with Crippen molar-refractivity contribution in [2.75, 3.05) is 5.73 Å². The van der Waals surface area contributed by atoms with Gasteiger partial charge in [0.2, 0.25) is 0 Å². The third-order valence-corrected chi connectivity index (χ3v) is 2.21. The zero-order valence-electron chi connectivity index (χ0n) is 5.81. The maximum atomic E-state index is 10.9. The van der Waals surface area contributed by atoms with Gasteiger partial charge in [-0.2, -0.15) is 4.98 Å². The van der Waals surface area contributed by atoms with E-state index in [0.29, 0.717) is 7.51 Å². The van der Waals surface area contributed by atoms with Crippen molar-refractivity contribution in [3.05, 3.63) is 22.2 Å². The molecule has 0 unspecified atom stereocenters. The van der Waals surface area contributed by atoms with Crippen molar-refractivity contribution >= 4 is 25.1 Å². The Morgan fingerprint density at radius 1 is 1.82 bits per heavy atom. The molecule has 0 bridgehead atoms. The van der Waals surface area contributed by atoms with Gasteiger partial charge < -0.3 is 5.73 Å². The first-order valence-electron chi connectivity index (χ1n) is 2.84. The number of nitrogens with zero attached hydrogens (tertiary/aromatic N) is 2. The molecule has 11 heavy (non-hydrogen) atoms. The molecule has 6 heteroatoms. The number of aromatic nitrogens is 2. The third-order valence-electron chi connectivity index (χ3n) is 1.22. The molecule has 0 aliphatic heterocycles. The topological polar surface area (TPSA) is 60.9 Å². The van der Waals surface area contributed by atoms with Crippen LogP contribution in [-0.2, 0) is 11.8 Å². The van der Waals surface area contributed by atoms with Crippen LogP contribution in [0.4, 0.5) is 5.82 Å². The lowest BCUT2D eigenvalue weighted by atomic mass is 10.4. The molecular formula is C5H6N3OPS. The second-order valence-electron chi connectivity index (χ2n) is 2.02. The number of anilines is 1. The number of hydrogen-bond acceptors (Lipinski definition) is 4. The molecule has 58 valence electrons. The maximum absolute atomic E-state index is 10.9. The molecule has 1 aromatic rings. The van der Waals surface area contributed by atoms with Crippen molar-refractivity contribution in [2.45, 2.75) is 6.92 Å². The Morgan fingerprint density at radius 2 is 2.45 bits per heavy atom. The normalized spacial score (nSPS) is 10.3. The van der Waals surface area contributed by atoms with E-state index in [9.17, 15) is 4.79 Å². The summed E-state index contributed by atoms with van der Waals surface area (Å²) in [6.45, 7) is 1.78. The Bertz CT molecular complexity index is 348. The van der Waals surface area contributed by atoms with Crippen LogP contribution in [0.5, 0.6) is 0 Å². The Balaban J connectivity index is 3.44. The van der Waals surface area contributed by atoms with Gasteiger partial charge in [0.25, 0.3) is 0 Å². The molecule has 0 aliphatic rings. The van der Waals surface area contributed by atoms with Crippen LogP contribution in [0.15, 0.2) is 11.0 Å². The van der Waals surface area contributed by atoms with Crippen molar-refractivity contribution < 1.29 is 0 Å². The van der Waals surface area contributed by atoms with Crippen LogP contribution < -0.4 is 11.4 Å². The van der Waals surface area contributed by atoms with Gasteiger partial charge in [-0.15, -0.1) is 0 Å². The Hall–Kier alpha value is -0.800. The Morgan fingerprint density at radius 3 is 3.00 bits per heavy atom. The first-order chi connectivity index (χ1) is 5.15. The highest BCUT2D eigenvalue weighted by molar-refractivity contribution is 7.95. The van der Waals surface area contributed by atoms with E-state index in [1.54, 1.807) is 13.1 Å². The van der Waals surface area contributed by atoms with Crippen LogP contribution in [0, 0.1) is 6.92 Å². The second kappa shape index (κ2) is 3.07. The minimum absolute atomic E-state index is 0.268. The molecule has 0 atom stereocenters. The molecule has 1 rings (SSSR count). The van der Waals surface area contributed by atoms with Gasteiger partial charge in [0.1, 0.15) is 13.3 Å². The highest BCUT2D eigenvalue weighted by atomic mass is 32.4. The highest BCUT2D eigenvalue weighted by Crippen LogP contribution is 2.04. The van der Waals surface area contributed by atoms with Crippen molar-refractivity contribution in [1.82, 2.24) is 9.32 Å². The van der Waals surface area contributed by atoms with Crippen LogP contribution in [0.25, 0.3) is 0 Å². The van der Waals surface area contributed by atoms with E-state index in [1.807, 2.05) is 0 Å². The molecular weight excluding hydrogens is 181 g/mol. The fraction of sp³-hybridized carbons (Fsp3) is 0.200. The molecule has 2 N–H and O–H groups in total. The largest absolute Gasteiger partial charge is 0.383 e. The van der Waals surface area contributed by atoms with Gasteiger partial charge in [-0.25, -0.2) is 9.13 Å². The van der Waals surface area contributed by atoms with Gasteiger partial charge >= 0.3 is 5.69 Å². The van der Waals surface area contributed by atoms with Gasteiger partial charge in [0.05, 0.1) is 0 Å². The molecule has 0 spiro atoms. The predicted molar refractivity (Wildman–Crippen MR) is 47.3 cm³/mol. The molecule has 0 radical (unpaired) electrons. The van der Waals surface area contributed by atoms with Gasteiger partial charge in [0, 0.05) is 11.8 Å². The molecule has 0 aromatic carbocycles. The smallest absolute Gasteiger partial charge is 0.357 e. The zero-order chi connectivity index (χ0) is 8.43. The Labute approximate surface area is 70.0 Å². The summed E-state index contributed by atoms with van der Waals surface area (Å²) in [7, 11) is 0.439. The van der Waals surface area contributed by atoms with Crippen LogP contribution in [0.1, 0.15) is 5.56 Å². The van der Waals surface area contributed by atoms with E-state index in [4.69, 9.17) is 5.73 Å². The van der Waals surface area contributed by atoms with E-state index in [0.717, 1.165) is 5.56 Å². The van der Waals surface area contributed by atoms with Gasteiger partial charge in [-0.3, -0.25) is 0 Å². The number of nitrogen functional groups attached to an aromatic ring is 1. The average Bonchev–Trinajstić information content (AvgIpc) is 1.97. The van der Waals surface area contributed by atoms with E-state index < -0.39 is 5.69 Å². The minimum atomic E-state index is -0.398. The molecule has 1 heterocycles. The number of rotatable bonds is 1. The van der Waals surface area contributed by atoms with Gasteiger partial charge in [0.15, 0.2) is 0 Å². The van der Waals surface area contributed by atoms with Crippen molar-refractivity contribution in [2.24, 2.45) is 0 Å². The maximum Gasteiger partial charge on any atom is 0.357 e. The second-order valence-corrected chi connectivity index (χ2v) is 3.10. The summed E-state index contributed by atoms with van der Waals surface area (Å²) >= 11 is 4.66. The van der Waals surface area contributed by atoms with E-state index in [1.165, 1.54) is 4.34 Å². The summed E-state index contributed by atoms with van der Waals surface area (Å²) in [6.07, 6.45) is 1.60. The number of hydrogen-bond donors (Lipinski definition) is 1. The van der Waals surface area contributed by atoms with Crippen LogP contribution in [-0.4, -0.2) is 9.32 Å². The van der Waals surface area contributed by atoms with Gasteiger partial charge in [-0.05, 0) is 18.7 Å². The monoisotopic (exact) mass is 187 g/mol. The van der Waals surface area contributed by atoms with E-state index in [-0.39, 0.29) is 5.82 Å².